The van der Waals surface area contributed by atoms with Gasteiger partial charge in [-0.25, -0.2) is 4.68 Å². The van der Waals surface area contributed by atoms with Gasteiger partial charge >= 0.3 is 0 Å². The number of nitrogen functional groups attached to an aromatic ring is 1. The average Bonchev–Trinajstić information content (AvgIpc) is 2.28. The number of nitrogens with zero attached hydrogens (tertiary/aromatic N) is 3. The van der Waals surface area contributed by atoms with Gasteiger partial charge in [-0.15, -0.1) is 0 Å². The van der Waals surface area contributed by atoms with Crippen LogP contribution in [0.1, 0.15) is 5.82 Å². The Morgan fingerprint density at radius 2 is 2.36 bits per heavy atom. The van der Waals surface area contributed by atoms with Crippen LogP contribution in [0.2, 0.25) is 0 Å². The molecule has 0 aliphatic rings. The smallest absolute Gasteiger partial charge is 0.218 e. The number of nitrogens with one attached hydrogen (secondary N) is 1. The van der Waals surface area contributed by atoms with Gasteiger partial charge in [0.15, 0.2) is 5.82 Å². The fourth-order valence-electron chi connectivity index (χ4n) is 0.794. The lowest BCUT2D eigenvalue weighted by Crippen LogP contribution is -2.11. The summed E-state index contributed by atoms with van der Waals surface area (Å²) in [6, 6.07) is 0. The monoisotopic (exact) mass is 155 g/mol. The maximum Gasteiger partial charge on any atom is 0.218 e. The summed E-state index contributed by atoms with van der Waals surface area (Å²) in [7, 11) is 3.68. The van der Waals surface area contributed by atoms with Crippen LogP contribution in [0.25, 0.3) is 0 Å². The number of likely N-dealkylation sites (N-methyl/N-ethyl adjacent to an activating group) is 1. The molecular formula is C6H13N5. The third-order valence-electron chi connectivity index (χ3n) is 1.44. The van der Waals surface area contributed by atoms with E-state index in [-0.39, 0.29) is 0 Å². The highest BCUT2D eigenvalue weighted by Gasteiger charge is 2.01. The highest BCUT2D eigenvalue weighted by Crippen LogP contribution is 1.96. The van der Waals surface area contributed by atoms with Crippen molar-refractivity contribution in [1.82, 2.24) is 20.1 Å². The topological polar surface area (TPSA) is 68.8 Å². The second-order valence-corrected chi connectivity index (χ2v) is 2.36. The molecule has 0 amide bonds. The minimum atomic E-state index is 0.469. The quantitative estimate of drug-likeness (QED) is 0.597. The Bertz CT molecular complexity index is 209. The predicted molar refractivity (Wildman–Crippen MR) is 43.0 cm³/mol. The maximum absolute atomic E-state index is 5.48. The molecule has 11 heavy (non-hydrogen) atoms. The molecule has 1 heterocycles. The van der Waals surface area contributed by atoms with Crippen molar-refractivity contribution in [1.29, 1.82) is 0 Å². The van der Waals surface area contributed by atoms with E-state index in [0.29, 0.717) is 5.95 Å². The first kappa shape index (κ1) is 8.00. The van der Waals surface area contributed by atoms with Gasteiger partial charge in [0, 0.05) is 20.0 Å². The number of aryl methyl sites for hydroxylation is 1. The van der Waals surface area contributed by atoms with Crippen LogP contribution in [-0.4, -0.2) is 28.4 Å². The molecule has 0 aliphatic carbocycles. The van der Waals surface area contributed by atoms with E-state index in [1.54, 1.807) is 11.7 Å². The molecular weight excluding hydrogens is 142 g/mol. The van der Waals surface area contributed by atoms with E-state index in [1.165, 1.54) is 0 Å². The molecule has 0 atom stereocenters. The van der Waals surface area contributed by atoms with Crippen molar-refractivity contribution in [2.75, 3.05) is 19.3 Å². The molecule has 0 saturated carbocycles. The highest BCUT2D eigenvalue weighted by atomic mass is 15.4. The Labute approximate surface area is 65.6 Å². The number of hydrogen-bond acceptors (Lipinski definition) is 4. The number of anilines is 1. The van der Waals surface area contributed by atoms with Gasteiger partial charge in [0.2, 0.25) is 5.95 Å². The third-order valence-corrected chi connectivity index (χ3v) is 1.44. The zero-order chi connectivity index (χ0) is 8.27. The summed E-state index contributed by atoms with van der Waals surface area (Å²) in [4.78, 5) is 4.04. The standard InChI is InChI=1S/C6H13N5/c1-8-4-3-5-9-6(7)11(2)10-5/h8H,3-4H2,1-2H3,(H2,7,9,10). The van der Waals surface area contributed by atoms with Crippen molar-refractivity contribution < 1.29 is 0 Å². The molecule has 0 aliphatic heterocycles. The zero-order valence-electron chi connectivity index (χ0n) is 6.83. The summed E-state index contributed by atoms with van der Waals surface area (Å²) in [6.07, 6.45) is 0.821. The number of aromatic nitrogens is 3. The second-order valence-electron chi connectivity index (χ2n) is 2.36. The molecule has 0 spiro atoms. The molecule has 0 saturated heterocycles. The molecule has 5 nitrogen and oxygen atoms in total. The first-order valence-electron chi connectivity index (χ1n) is 3.54. The summed E-state index contributed by atoms with van der Waals surface area (Å²) in [5, 5.41) is 7.10. The lowest BCUT2D eigenvalue weighted by molar-refractivity contribution is 0.718. The minimum Gasteiger partial charge on any atom is -0.368 e. The summed E-state index contributed by atoms with van der Waals surface area (Å²) in [6.45, 7) is 0.878. The predicted octanol–water partition coefficient (Wildman–Crippen LogP) is -0.841. The SMILES string of the molecule is CNCCc1nc(N)n(C)n1. The van der Waals surface area contributed by atoms with Crippen molar-refractivity contribution in [3.8, 4) is 0 Å². The number of nitrogens with two attached hydrogens (primary N) is 1. The van der Waals surface area contributed by atoms with E-state index in [2.05, 4.69) is 15.4 Å². The molecule has 0 bridgehead atoms. The Hall–Kier alpha value is -1.10. The van der Waals surface area contributed by atoms with Crippen molar-refractivity contribution in [3.63, 3.8) is 0 Å². The largest absolute Gasteiger partial charge is 0.368 e. The molecule has 1 rings (SSSR count). The lowest BCUT2D eigenvalue weighted by atomic mass is 10.4. The van der Waals surface area contributed by atoms with Crippen molar-refractivity contribution in [2.24, 2.45) is 7.05 Å². The van der Waals surface area contributed by atoms with Crippen LogP contribution >= 0.6 is 0 Å². The summed E-state index contributed by atoms with van der Waals surface area (Å²) in [5.41, 5.74) is 5.48. The third kappa shape index (κ3) is 1.91. The second kappa shape index (κ2) is 3.34. The molecule has 0 aromatic carbocycles. The number of hydrogen-bond donors (Lipinski definition) is 2. The summed E-state index contributed by atoms with van der Waals surface area (Å²) in [5.74, 6) is 1.26. The van der Waals surface area contributed by atoms with E-state index >= 15 is 0 Å². The normalized spacial score (nSPS) is 10.4. The van der Waals surface area contributed by atoms with Crippen LogP contribution in [0, 0.1) is 0 Å². The van der Waals surface area contributed by atoms with E-state index in [4.69, 9.17) is 5.73 Å². The molecule has 5 heteroatoms. The Morgan fingerprint density at radius 3 is 2.82 bits per heavy atom. The van der Waals surface area contributed by atoms with Crippen LogP contribution in [0.3, 0.4) is 0 Å². The van der Waals surface area contributed by atoms with Crippen LogP contribution in [0.5, 0.6) is 0 Å². The average molecular weight is 155 g/mol. The highest BCUT2D eigenvalue weighted by molar-refractivity contribution is 5.15. The Balaban J connectivity index is 2.58. The molecule has 0 unspecified atom stereocenters. The van der Waals surface area contributed by atoms with E-state index in [9.17, 15) is 0 Å². The van der Waals surface area contributed by atoms with Crippen LogP contribution < -0.4 is 11.1 Å². The molecule has 0 radical (unpaired) electrons. The van der Waals surface area contributed by atoms with Gasteiger partial charge in [0.25, 0.3) is 0 Å². The van der Waals surface area contributed by atoms with E-state index in [1.807, 2.05) is 7.05 Å². The van der Waals surface area contributed by atoms with Crippen LogP contribution in [0.4, 0.5) is 5.95 Å². The van der Waals surface area contributed by atoms with Crippen molar-refractivity contribution >= 4 is 5.95 Å². The first-order chi connectivity index (χ1) is 5.24. The van der Waals surface area contributed by atoms with Crippen LogP contribution in [0.15, 0.2) is 0 Å². The van der Waals surface area contributed by atoms with Gasteiger partial charge in [-0.3, -0.25) is 0 Å². The van der Waals surface area contributed by atoms with Crippen molar-refractivity contribution in [3.05, 3.63) is 5.82 Å². The fourth-order valence-corrected chi connectivity index (χ4v) is 0.794. The molecule has 3 N–H and O–H groups in total. The summed E-state index contributed by atoms with van der Waals surface area (Å²) < 4.78 is 1.57. The van der Waals surface area contributed by atoms with E-state index in [0.717, 1.165) is 18.8 Å². The van der Waals surface area contributed by atoms with Gasteiger partial charge in [0.05, 0.1) is 0 Å². The van der Waals surface area contributed by atoms with Gasteiger partial charge in [0.1, 0.15) is 0 Å². The lowest BCUT2D eigenvalue weighted by Gasteiger charge is -1.91. The molecule has 1 aromatic rings. The first-order valence-corrected chi connectivity index (χ1v) is 3.54. The van der Waals surface area contributed by atoms with Crippen molar-refractivity contribution in [2.45, 2.75) is 6.42 Å². The van der Waals surface area contributed by atoms with Crippen LogP contribution in [-0.2, 0) is 13.5 Å². The summed E-state index contributed by atoms with van der Waals surface area (Å²) >= 11 is 0. The van der Waals surface area contributed by atoms with E-state index < -0.39 is 0 Å². The van der Waals surface area contributed by atoms with Gasteiger partial charge in [-0.05, 0) is 7.05 Å². The maximum atomic E-state index is 5.48. The minimum absolute atomic E-state index is 0.469. The number of rotatable bonds is 3. The Morgan fingerprint density at radius 1 is 1.64 bits per heavy atom. The van der Waals surface area contributed by atoms with Gasteiger partial charge < -0.3 is 11.1 Å². The Kier molecular flexibility index (Phi) is 2.43. The molecule has 62 valence electrons. The molecule has 1 aromatic heterocycles. The van der Waals surface area contributed by atoms with Gasteiger partial charge in [-0.1, -0.05) is 0 Å². The van der Waals surface area contributed by atoms with Gasteiger partial charge in [-0.2, -0.15) is 10.1 Å². The zero-order valence-corrected chi connectivity index (χ0v) is 6.83. The fraction of sp³-hybridized carbons (Fsp3) is 0.667. The molecule has 0 fully saturated rings.